The van der Waals surface area contributed by atoms with Crippen molar-refractivity contribution in [2.75, 3.05) is 5.75 Å². The number of carboxylic acids is 1. The van der Waals surface area contributed by atoms with E-state index in [0.29, 0.717) is 0 Å². The Bertz CT molecular complexity index is 509. The normalized spacial score (nSPS) is 10.8. The molecule has 1 amide bonds. The van der Waals surface area contributed by atoms with E-state index in [1.807, 2.05) is 0 Å². The molecule has 1 aromatic carbocycles. The molecule has 0 aromatic heterocycles. The number of hydrogen-bond acceptors (Lipinski definition) is 4. The van der Waals surface area contributed by atoms with Crippen LogP contribution in [0.25, 0.3) is 0 Å². The van der Waals surface area contributed by atoms with E-state index in [2.05, 4.69) is 0 Å². The van der Waals surface area contributed by atoms with Gasteiger partial charge in [-0.25, -0.2) is 13.1 Å². The molecule has 0 aliphatic heterocycles. The molecule has 0 aliphatic rings. The molecule has 92 valence electrons. The van der Waals surface area contributed by atoms with Gasteiger partial charge < -0.3 is 5.11 Å². The van der Waals surface area contributed by atoms with E-state index >= 15 is 0 Å². The number of carbonyl (C=O) groups excluding carboxylic acids is 1. The van der Waals surface area contributed by atoms with E-state index in [9.17, 15) is 18.0 Å². The Morgan fingerprint density at radius 3 is 2.29 bits per heavy atom. The number of sulfonamides is 1. The summed E-state index contributed by atoms with van der Waals surface area (Å²) in [5.41, 5.74) is 0.200. The third-order valence-electron chi connectivity index (χ3n) is 1.87. The number of carboxylic acid groups (broad SMARTS) is 1. The summed E-state index contributed by atoms with van der Waals surface area (Å²) in [6.45, 7) is 0. The van der Waals surface area contributed by atoms with Crippen molar-refractivity contribution < 1.29 is 23.1 Å². The second kappa shape index (κ2) is 5.44. The Balaban J connectivity index is 2.66. The standard InChI is InChI=1S/C10H11NO5S/c12-9(13)6-7-17(15,16)11-10(14)8-4-2-1-3-5-8/h1-5H,6-7H2,(H,11,14)(H,12,13). The molecule has 1 aromatic rings. The molecular formula is C10H11NO5S. The molecule has 0 spiro atoms. The minimum Gasteiger partial charge on any atom is -0.481 e. The highest BCUT2D eigenvalue weighted by molar-refractivity contribution is 7.90. The fraction of sp³-hybridized carbons (Fsp3) is 0.200. The van der Waals surface area contributed by atoms with Crippen LogP contribution in [0.3, 0.4) is 0 Å². The first-order valence-corrected chi connectivity index (χ1v) is 6.37. The van der Waals surface area contributed by atoms with Crippen LogP contribution in [-0.2, 0) is 14.8 Å². The predicted octanol–water partition coefficient (Wildman–Crippen LogP) is 0.221. The van der Waals surface area contributed by atoms with Crippen LogP contribution in [0.4, 0.5) is 0 Å². The third kappa shape index (κ3) is 4.64. The molecule has 0 fully saturated rings. The fourth-order valence-corrected chi connectivity index (χ4v) is 2.01. The molecule has 0 saturated heterocycles. The molecular weight excluding hydrogens is 246 g/mol. The number of benzene rings is 1. The quantitative estimate of drug-likeness (QED) is 0.786. The highest BCUT2D eigenvalue weighted by Crippen LogP contribution is 2.00. The topological polar surface area (TPSA) is 101 Å². The van der Waals surface area contributed by atoms with Crippen molar-refractivity contribution in [1.82, 2.24) is 4.72 Å². The summed E-state index contributed by atoms with van der Waals surface area (Å²) in [7, 11) is -3.90. The van der Waals surface area contributed by atoms with E-state index in [1.54, 1.807) is 22.9 Å². The molecule has 17 heavy (non-hydrogen) atoms. The zero-order valence-electron chi connectivity index (χ0n) is 8.79. The van der Waals surface area contributed by atoms with Crippen LogP contribution >= 0.6 is 0 Å². The number of nitrogens with one attached hydrogen (secondary N) is 1. The molecule has 6 nitrogen and oxygen atoms in total. The van der Waals surface area contributed by atoms with Crippen molar-refractivity contribution in [2.24, 2.45) is 0 Å². The van der Waals surface area contributed by atoms with Crippen LogP contribution < -0.4 is 4.72 Å². The zero-order chi connectivity index (χ0) is 12.9. The lowest BCUT2D eigenvalue weighted by Crippen LogP contribution is -2.33. The summed E-state index contributed by atoms with van der Waals surface area (Å²) in [6.07, 6.45) is -0.544. The Kier molecular flexibility index (Phi) is 4.22. The summed E-state index contributed by atoms with van der Waals surface area (Å²) < 4.78 is 24.4. The Morgan fingerprint density at radius 1 is 1.18 bits per heavy atom. The van der Waals surface area contributed by atoms with Crippen LogP contribution in [-0.4, -0.2) is 31.2 Å². The summed E-state index contributed by atoms with van der Waals surface area (Å²) >= 11 is 0. The van der Waals surface area contributed by atoms with Crippen molar-refractivity contribution in [3.05, 3.63) is 35.9 Å². The van der Waals surface area contributed by atoms with Crippen molar-refractivity contribution in [1.29, 1.82) is 0 Å². The molecule has 0 unspecified atom stereocenters. The smallest absolute Gasteiger partial charge is 0.304 e. The van der Waals surface area contributed by atoms with E-state index in [-0.39, 0.29) is 5.56 Å². The first-order chi connectivity index (χ1) is 7.91. The van der Waals surface area contributed by atoms with E-state index in [1.165, 1.54) is 12.1 Å². The largest absolute Gasteiger partial charge is 0.481 e. The van der Waals surface area contributed by atoms with Crippen LogP contribution in [0.15, 0.2) is 30.3 Å². The summed E-state index contributed by atoms with van der Waals surface area (Å²) in [5, 5.41) is 8.35. The molecule has 7 heteroatoms. The van der Waals surface area contributed by atoms with Gasteiger partial charge in [0.25, 0.3) is 5.91 Å². The van der Waals surface area contributed by atoms with Gasteiger partial charge in [0.15, 0.2) is 0 Å². The van der Waals surface area contributed by atoms with Gasteiger partial charge in [0.05, 0.1) is 12.2 Å². The third-order valence-corrected chi connectivity index (χ3v) is 3.11. The Hall–Kier alpha value is -1.89. The minimum atomic E-state index is -3.90. The van der Waals surface area contributed by atoms with E-state index < -0.39 is 34.1 Å². The van der Waals surface area contributed by atoms with Crippen LogP contribution in [0.1, 0.15) is 16.8 Å². The van der Waals surface area contributed by atoms with Crippen LogP contribution in [0, 0.1) is 0 Å². The van der Waals surface area contributed by atoms with Gasteiger partial charge >= 0.3 is 5.97 Å². The Morgan fingerprint density at radius 2 is 1.76 bits per heavy atom. The fourth-order valence-electron chi connectivity index (χ4n) is 1.06. The van der Waals surface area contributed by atoms with Gasteiger partial charge in [0, 0.05) is 5.56 Å². The summed E-state index contributed by atoms with van der Waals surface area (Å²) in [6, 6.07) is 7.80. The van der Waals surface area contributed by atoms with Gasteiger partial charge in [0.2, 0.25) is 10.0 Å². The number of rotatable bonds is 5. The summed E-state index contributed by atoms with van der Waals surface area (Å²) in [5.74, 6) is -2.63. The highest BCUT2D eigenvalue weighted by atomic mass is 32.2. The van der Waals surface area contributed by atoms with Crippen molar-refractivity contribution >= 4 is 21.9 Å². The zero-order valence-corrected chi connectivity index (χ0v) is 9.61. The molecule has 1 rings (SSSR count). The molecule has 0 radical (unpaired) electrons. The molecule has 0 atom stereocenters. The number of hydrogen-bond donors (Lipinski definition) is 2. The van der Waals surface area contributed by atoms with Gasteiger partial charge in [0.1, 0.15) is 0 Å². The summed E-state index contributed by atoms with van der Waals surface area (Å²) in [4.78, 5) is 21.7. The minimum absolute atomic E-state index is 0.200. The average Bonchev–Trinajstić information content (AvgIpc) is 2.27. The van der Waals surface area contributed by atoms with Gasteiger partial charge in [-0.15, -0.1) is 0 Å². The van der Waals surface area contributed by atoms with Gasteiger partial charge in [-0.3, -0.25) is 9.59 Å². The molecule has 0 saturated carbocycles. The second-order valence-electron chi connectivity index (χ2n) is 3.26. The van der Waals surface area contributed by atoms with Gasteiger partial charge in [-0.05, 0) is 12.1 Å². The van der Waals surface area contributed by atoms with Gasteiger partial charge in [-0.2, -0.15) is 0 Å². The van der Waals surface area contributed by atoms with Crippen molar-refractivity contribution in [3.63, 3.8) is 0 Å². The van der Waals surface area contributed by atoms with E-state index in [0.717, 1.165) is 0 Å². The molecule has 0 bridgehead atoms. The maximum absolute atomic E-state index is 11.5. The average molecular weight is 257 g/mol. The second-order valence-corrected chi connectivity index (χ2v) is 5.10. The highest BCUT2D eigenvalue weighted by Gasteiger charge is 2.16. The lowest BCUT2D eigenvalue weighted by molar-refractivity contribution is -0.136. The Labute approximate surface area is 98.3 Å². The molecule has 2 N–H and O–H groups in total. The first kappa shape index (κ1) is 13.2. The number of amides is 1. The maximum Gasteiger partial charge on any atom is 0.304 e. The molecule has 0 aliphatic carbocycles. The van der Waals surface area contributed by atoms with Crippen molar-refractivity contribution in [2.45, 2.75) is 6.42 Å². The van der Waals surface area contributed by atoms with Crippen LogP contribution in [0.5, 0.6) is 0 Å². The van der Waals surface area contributed by atoms with Gasteiger partial charge in [-0.1, -0.05) is 18.2 Å². The molecule has 0 heterocycles. The lowest BCUT2D eigenvalue weighted by atomic mass is 10.2. The lowest BCUT2D eigenvalue weighted by Gasteiger charge is -2.05. The number of aliphatic carboxylic acids is 1. The predicted molar refractivity (Wildman–Crippen MR) is 59.9 cm³/mol. The maximum atomic E-state index is 11.5. The monoisotopic (exact) mass is 257 g/mol. The SMILES string of the molecule is O=C(O)CCS(=O)(=O)NC(=O)c1ccccc1. The van der Waals surface area contributed by atoms with E-state index in [4.69, 9.17) is 5.11 Å². The number of carbonyl (C=O) groups is 2. The van der Waals surface area contributed by atoms with Crippen LogP contribution in [0.2, 0.25) is 0 Å². The van der Waals surface area contributed by atoms with Crippen molar-refractivity contribution in [3.8, 4) is 0 Å². The first-order valence-electron chi connectivity index (χ1n) is 4.72.